The minimum atomic E-state index is -4.09. The third-order valence-electron chi connectivity index (χ3n) is 3.25. The number of nitrogens with one attached hydrogen (secondary N) is 1. The van der Waals surface area contributed by atoms with Gasteiger partial charge in [0.2, 0.25) is 15.9 Å². The van der Waals surface area contributed by atoms with E-state index in [9.17, 15) is 22.0 Å². The molecule has 0 aromatic heterocycles. The highest BCUT2D eigenvalue weighted by Gasteiger charge is 2.21. The van der Waals surface area contributed by atoms with Crippen LogP contribution in [0.3, 0.4) is 0 Å². The van der Waals surface area contributed by atoms with Gasteiger partial charge in [-0.1, -0.05) is 0 Å². The number of nitrogens with zero attached hydrogens (tertiary/aromatic N) is 1. The van der Waals surface area contributed by atoms with E-state index in [1.54, 1.807) is 4.90 Å². The zero-order valence-electron chi connectivity index (χ0n) is 11.3. The Morgan fingerprint density at radius 1 is 1.29 bits per heavy atom. The summed E-state index contributed by atoms with van der Waals surface area (Å²) in [7, 11) is -4.09. The third-order valence-corrected chi connectivity index (χ3v) is 4.73. The van der Waals surface area contributed by atoms with Crippen LogP contribution in [0.2, 0.25) is 0 Å². The molecule has 0 atom stereocenters. The predicted octanol–water partition coefficient (Wildman–Crippen LogP) is 1.26. The SMILES string of the molecule is O=C1CCCN1CCCNS(=O)(=O)c1cc(F)ccc1F. The molecule has 116 valence electrons. The van der Waals surface area contributed by atoms with E-state index in [0.717, 1.165) is 18.6 Å². The zero-order chi connectivity index (χ0) is 15.5. The molecule has 0 unspecified atom stereocenters. The first-order chi connectivity index (χ1) is 9.90. The molecule has 1 N–H and O–H groups in total. The topological polar surface area (TPSA) is 66.5 Å². The first-order valence-electron chi connectivity index (χ1n) is 6.62. The normalized spacial score (nSPS) is 15.7. The molecule has 1 amide bonds. The molecule has 21 heavy (non-hydrogen) atoms. The van der Waals surface area contributed by atoms with Gasteiger partial charge in [0.05, 0.1) is 0 Å². The second kappa shape index (κ2) is 6.48. The van der Waals surface area contributed by atoms with Gasteiger partial charge in [0, 0.05) is 26.1 Å². The van der Waals surface area contributed by atoms with Crippen LogP contribution >= 0.6 is 0 Å². The monoisotopic (exact) mass is 318 g/mol. The Kier molecular flexibility index (Phi) is 4.89. The lowest BCUT2D eigenvalue weighted by molar-refractivity contribution is -0.127. The molecule has 0 bridgehead atoms. The molecule has 1 aromatic carbocycles. The third kappa shape index (κ3) is 3.98. The molecule has 1 aromatic rings. The van der Waals surface area contributed by atoms with Gasteiger partial charge in [-0.05, 0) is 31.0 Å². The largest absolute Gasteiger partial charge is 0.343 e. The molecule has 1 aliphatic heterocycles. The fourth-order valence-corrected chi connectivity index (χ4v) is 3.34. The van der Waals surface area contributed by atoms with Gasteiger partial charge >= 0.3 is 0 Å². The Labute approximate surface area is 122 Å². The molecule has 0 aliphatic carbocycles. The Hall–Kier alpha value is -1.54. The number of halogens is 2. The molecule has 2 rings (SSSR count). The molecule has 1 heterocycles. The van der Waals surface area contributed by atoms with Crippen LogP contribution in [0.4, 0.5) is 8.78 Å². The summed E-state index contributed by atoms with van der Waals surface area (Å²) >= 11 is 0. The quantitative estimate of drug-likeness (QED) is 0.803. The number of hydrogen-bond acceptors (Lipinski definition) is 3. The van der Waals surface area contributed by atoms with Crippen molar-refractivity contribution in [3.05, 3.63) is 29.8 Å². The van der Waals surface area contributed by atoms with Crippen molar-refractivity contribution in [3.63, 3.8) is 0 Å². The second-order valence-corrected chi connectivity index (χ2v) is 6.55. The number of amides is 1. The minimum Gasteiger partial charge on any atom is -0.343 e. The number of rotatable bonds is 6. The van der Waals surface area contributed by atoms with Crippen molar-refractivity contribution >= 4 is 15.9 Å². The maximum Gasteiger partial charge on any atom is 0.243 e. The highest BCUT2D eigenvalue weighted by molar-refractivity contribution is 7.89. The average Bonchev–Trinajstić information content (AvgIpc) is 2.83. The van der Waals surface area contributed by atoms with Crippen LogP contribution in [0.1, 0.15) is 19.3 Å². The fraction of sp³-hybridized carbons (Fsp3) is 0.462. The van der Waals surface area contributed by atoms with Crippen LogP contribution < -0.4 is 4.72 Å². The van der Waals surface area contributed by atoms with E-state index >= 15 is 0 Å². The summed E-state index contributed by atoms with van der Waals surface area (Å²) in [5.74, 6) is -1.76. The van der Waals surface area contributed by atoms with Gasteiger partial charge in [-0.2, -0.15) is 0 Å². The molecular formula is C13H16F2N2O3S. The summed E-state index contributed by atoms with van der Waals surface area (Å²) in [6.45, 7) is 1.19. The Balaban J connectivity index is 1.89. The molecule has 0 saturated carbocycles. The van der Waals surface area contributed by atoms with Gasteiger partial charge in [0.25, 0.3) is 0 Å². The first kappa shape index (κ1) is 15.8. The van der Waals surface area contributed by atoms with Gasteiger partial charge in [0.15, 0.2) is 0 Å². The molecule has 1 saturated heterocycles. The van der Waals surface area contributed by atoms with Crippen molar-refractivity contribution in [2.75, 3.05) is 19.6 Å². The number of carbonyl (C=O) groups is 1. The van der Waals surface area contributed by atoms with Crippen molar-refractivity contribution in [2.45, 2.75) is 24.2 Å². The van der Waals surface area contributed by atoms with Crippen LogP contribution in [0.5, 0.6) is 0 Å². The van der Waals surface area contributed by atoms with Crippen LogP contribution in [0.15, 0.2) is 23.1 Å². The first-order valence-corrected chi connectivity index (χ1v) is 8.11. The Bertz CT molecular complexity index is 634. The molecule has 1 fully saturated rings. The average molecular weight is 318 g/mol. The second-order valence-electron chi connectivity index (χ2n) is 4.81. The summed E-state index contributed by atoms with van der Waals surface area (Å²) in [6.07, 6.45) is 1.77. The number of benzene rings is 1. The van der Waals surface area contributed by atoms with Gasteiger partial charge in [-0.25, -0.2) is 21.9 Å². The predicted molar refractivity (Wildman–Crippen MR) is 72.0 cm³/mol. The lowest BCUT2D eigenvalue weighted by atomic mass is 10.3. The van der Waals surface area contributed by atoms with Crippen LogP contribution in [0, 0.1) is 11.6 Å². The highest BCUT2D eigenvalue weighted by Crippen LogP contribution is 2.15. The summed E-state index contributed by atoms with van der Waals surface area (Å²) in [4.78, 5) is 12.3. The molecule has 0 spiro atoms. The van der Waals surface area contributed by atoms with Crippen LogP contribution in [-0.2, 0) is 14.8 Å². The van der Waals surface area contributed by atoms with Gasteiger partial charge in [0.1, 0.15) is 16.5 Å². The van der Waals surface area contributed by atoms with E-state index in [1.165, 1.54) is 0 Å². The van der Waals surface area contributed by atoms with Crippen molar-refractivity contribution < 1.29 is 22.0 Å². The van der Waals surface area contributed by atoms with Crippen molar-refractivity contribution in [3.8, 4) is 0 Å². The van der Waals surface area contributed by atoms with E-state index in [2.05, 4.69) is 4.72 Å². The lowest BCUT2D eigenvalue weighted by Crippen LogP contribution is -2.31. The van der Waals surface area contributed by atoms with Gasteiger partial charge in [-0.15, -0.1) is 0 Å². The van der Waals surface area contributed by atoms with Crippen LogP contribution in [-0.4, -0.2) is 38.9 Å². The van der Waals surface area contributed by atoms with E-state index in [0.29, 0.717) is 32.0 Å². The number of hydrogen-bond donors (Lipinski definition) is 1. The maximum atomic E-state index is 13.4. The Morgan fingerprint density at radius 2 is 2.05 bits per heavy atom. The Morgan fingerprint density at radius 3 is 2.71 bits per heavy atom. The smallest absolute Gasteiger partial charge is 0.243 e. The number of likely N-dealkylation sites (tertiary alicyclic amines) is 1. The van der Waals surface area contributed by atoms with Crippen molar-refractivity contribution in [1.82, 2.24) is 9.62 Å². The van der Waals surface area contributed by atoms with Crippen LogP contribution in [0.25, 0.3) is 0 Å². The standard InChI is InChI=1S/C13H16F2N2O3S/c14-10-4-5-11(15)12(9-10)21(19,20)16-6-2-8-17-7-1-3-13(17)18/h4-5,9,16H,1-3,6-8H2. The van der Waals surface area contributed by atoms with Crippen molar-refractivity contribution in [2.24, 2.45) is 0 Å². The molecular weight excluding hydrogens is 302 g/mol. The maximum absolute atomic E-state index is 13.4. The molecule has 0 radical (unpaired) electrons. The van der Waals surface area contributed by atoms with E-state index < -0.39 is 26.6 Å². The van der Waals surface area contributed by atoms with Gasteiger partial charge < -0.3 is 4.90 Å². The summed E-state index contributed by atoms with van der Waals surface area (Å²) < 4.78 is 52.4. The van der Waals surface area contributed by atoms with Crippen molar-refractivity contribution in [1.29, 1.82) is 0 Å². The summed E-state index contributed by atoms with van der Waals surface area (Å²) in [5, 5.41) is 0. The lowest BCUT2D eigenvalue weighted by Gasteiger charge is -2.15. The molecule has 5 nitrogen and oxygen atoms in total. The minimum absolute atomic E-state index is 0.0576. The van der Waals surface area contributed by atoms with E-state index in [-0.39, 0.29) is 12.5 Å². The molecule has 8 heteroatoms. The summed E-state index contributed by atoms with van der Waals surface area (Å²) in [6, 6.07) is 2.27. The summed E-state index contributed by atoms with van der Waals surface area (Å²) in [5.41, 5.74) is 0. The highest BCUT2D eigenvalue weighted by atomic mass is 32.2. The van der Waals surface area contributed by atoms with Gasteiger partial charge in [-0.3, -0.25) is 4.79 Å². The number of carbonyl (C=O) groups excluding carboxylic acids is 1. The molecule has 1 aliphatic rings. The number of sulfonamides is 1. The zero-order valence-corrected chi connectivity index (χ0v) is 12.1. The fourth-order valence-electron chi connectivity index (χ4n) is 2.18. The van der Waals surface area contributed by atoms with E-state index in [4.69, 9.17) is 0 Å². The van der Waals surface area contributed by atoms with E-state index in [1.807, 2.05) is 0 Å².